The van der Waals surface area contributed by atoms with Crippen molar-refractivity contribution in [2.24, 2.45) is 0 Å². The van der Waals surface area contributed by atoms with Gasteiger partial charge in [-0.2, -0.15) is 0 Å². The summed E-state index contributed by atoms with van der Waals surface area (Å²) in [6, 6.07) is 0.297. The highest BCUT2D eigenvalue weighted by Gasteiger charge is 2.15. The molecule has 0 fully saturated rings. The van der Waals surface area contributed by atoms with Crippen molar-refractivity contribution in [1.82, 2.24) is 9.97 Å². The minimum Gasteiger partial charge on any atom is -0.367 e. The molecule has 19 heavy (non-hydrogen) atoms. The van der Waals surface area contributed by atoms with Gasteiger partial charge in [0.2, 0.25) is 0 Å². The number of fused-ring (bicyclic) bond motifs is 1. The average Bonchev–Trinajstić information content (AvgIpc) is 2.62. The largest absolute Gasteiger partial charge is 0.367 e. The third-order valence-electron chi connectivity index (χ3n) is 3.60. The number of anilines is 1. The van der Waals surface area contributed by atoms with Crippen molar-refractivity contribution in [3.05, 3.63) is 17.6 Å². The van der Waals surface area contributed by atoms with Crippen molar-refractivity contribution < 1.29 is 4.21 Å². The average molecular weight is 281 g/mol. The van der Waals surface area contributed by atoms with E-state index in [1.165, 1.54) is 30.5 Å². The zero-order chi connectivity index (χ0) is 13.7. The van der Waals surface area contributed by atoms with Crippen molar-refractivity contribution in [2.45, 2.75) is 51.5 Å². The molecule has 5 heteroatoms. The van der Waals surface area contributed by atoms with E-state index in [0.717, 1.165) is 30.8 Å². The van der Waals surface area contributed by atoms with Crippen LogP contribution in [0.1, 0.15) is 43.9 Å². The van der Waals surface area contributed by atoms with Crippen molar-refractivity contribution in [3.8, 4) is 0 Å². The second-order valence-corrected chi connectivity index (χ2v) is 6.87. The van der Waals surface area contributed by atoms with Gasteiger partial charge in [-0.25, -0.2) is 9.97 Å². The van der Waals surface area contributed by atoms with Crippen LogP contribution < -0.4 is 5.32 Å². The molecule has 106 valence electrons. The van der Waals surface area contributed by atoms with Crippen LogP contribution in [0.3, 0.4) is 0 Å². The molecule has 0 spiro atoms. The number of aromatic nitrogens is 2. The molecule has 0 radical (unpaired) electrons. The van der Waals surface area contributed by atoms with E-state index in [2.05, 4.69) is 22.2 Å². The summed E-state index contributed by atoms with van der Waals surface area (Å²) in [7, 11) is -0.722. The Morgan fingerprint density at radius 2 is 2.11 bits per heavy atom. The molecule has 2 atom stereocenters. The molecule has 1 N–H and O–H groups in total. The lowest BCUT2D eigenvalue weighted by molar-refractivity contribution is 0.678. The van der Waals surface area contributed by atoms with Crippen LogP contribution in [0.2, 0.25) is 0 Å². The van der Waals surface area contributed by atoms with Crippen LogP contribution in [-0.2, 0) is 23.6 Å². The van der Waals surface area contributed by atoms with Crippen molar-refractivity contribution >= 4 is 16.6 Å². The van der Waals surface area contributed by atoms with Crippen LogP contribution in [0.15, 0.2) is 6.33 Å². The summed E-state index contributed by atoms with van der Waals surface area (Å²) in [5.74, 6) is 1.72. The van der Waals surface area contributed by atoms with Gasteiger partial charge in [-0.05, 0) is 39.0 Å². The van der Waals surface area contributed by atoms with Crippen molar-refractivity contribution in [1.29, 1.82) is 0 Å². The maximum Gasteiger partial charge on any atom is 0.133 e. The molecule has 1 aliphatic carbocycles. The summed E-state index contributed by atoms with van der Waals surface area (Å²) in [5.41, 5.74) is 2.51. The highest BCUT2D eigenvalue weighted by molar-refractivity contribution is 7.84. The predicted octanol–water partition coefficient (Wildman–Crippen LogP) is 2.31. The van der Waals surface area contributed by atoms with Gasteiger partial charge in [0.15, 0.2) is 0 Å². The zero-order valence-corrected chi connectivity index (χ0v) is 12.6. The first kappa shape index (κ1) is 14.4. The van der Waals surface area contributed by atoms with Crippen LogP contribution in [0.25, 0.3) is 0 Å². The molecule has 2 unspecified atom stereocenters. The lowest BCUT2D eigenvalue weighted by Gasteiger charge is -2.17. The summed E-state index contributed by atoms with van der Waals surface area (Å²) in [4.78, 5) is 8.82. The Kier molecular flexibility index (Phi) is 5.31. The van der Waals surface area contributed by atoms with E-state index in [1.54, 1.807) is 12.6 Å². The number of hydrogen-bond acceptors (Lipinski definition) is 4. The van der Waals surface area contributed by atoms with Gasteiger partial charge in [-0.1, -0.05) is 6.42 Å². The molecule has 1 aromatic rings. The maximum absolute atomic E-state index is 11.1. The minimum absolute atomic E-state index is 0.297. The Hall–Kier alpha value is -0.970. The van der Waals surface area contributed by atoms with Gasteiger partial charge in [0.1, 0.15) is 12.1 Å². The Labute approximate surface area is 117 Å². The topological polar surface area (TPSA) is 54.9 Å². The van der Waals surface area contributed by atoms with Gasteiger partial charge >= 0.3 is 0 Å². The molecule has 2 rings (SSSR count). The fraction of sp³-hybridized carbons (Fsp3) is 0.714. The first-order valence-electron chi connectivity index (χ1n) is 7.06. The second-order valence-electron chi connectivity index (χ2n) is 5.32. The normalized spacial score (nSPS) is 18.2. The van der Waals surface area contributed by atoms with Crippen molar-refractivity contribution in [2.75, 3.05) is 17.3 Å². The van der Waals surface area contributed by atoms with Crippen LogP contribution in [0.5, 0.6) is 0 Å². The van der Waals surface area contributed by atoms with Crippen LogP contribution in [0, 0.1) is 0 Å². The van der Waals surface area contributed by atoms with E-state index in [1.807, 2.05) is 0 Å². The standard InChI is InChI=1S/C14H23N3OS/c1-11(8-9-19(2)18)17-14-12-6-4-3-5-7-13(12)15-10-16-14/h10-11H,3-9H2,1-2H3,(H,15,16,17). The fourth-order valence-corrected chi connectivity index (χ4v) is 3.16. The van der Waals surface area contributed by atoms with Crippen LogP contribution in [0.4, 0.5) is 5.82 Å². The smallest absolute Gasteiger partial charge is 0.133 e. The first-order valence-corrected chi connectivity index (χ1v) is 8.79. The van der Waals surface area contributed by atoms with Gasteiger partial charge in [0.25, 0.3) is 0 Å². The van der Waals surface area contributed by atoms with E-state index in [0.29, 0.717) is 6.04 Å². The highest BCUT2D eigenvalue weighted by atomic mass is 32.2. The van der Waals surface area contributed by atoms with Gasteiger partial charge in [0, 0.05) is 40.1 Å². The van der Waals surface area contributed by atoms with E-state index < -0.39 is 10.8 Å². The Bertz CT molecular complexity index is 450. The number of aryl methyl sites for hydroxylation is 1. The fourth-order valence-electron chi connectivity index (χ4n) is 2.47. The quantitative estimate of drug-likeness (QED) is 0.842. The van der Waals surface area contributed by atoms with Gasteiger partial charge in [0.05, 0.1) is 0 Å². The first-order chi connectivity index (χ1) is 9.16. The summed E-state index contributed by atoms with van der Waals surface area (Å²) in [6.07, 6.45) is 10.2. The number of nitrogens with one attached hydrogen (secondary N) is 1. The second kappa shape index (κ2) is 6.98. The minimum atomic E-state index is -0.722. The number of nitrogens with zero attached hydrogens (tertiary/aromatic N) is 2. The Morgan fingerprint density at radius 3 is 2.89 bits per heavy atom. The summed E-state index contributed by atoms with van der Waals surface area (Å²) >= 11 is 0. The molecule has 1 heterocycles. The molecule has 1 aliphatic rings. The monoisotopic (exact) mass is 281 g/mol. The molecular formula is C14H23N3OS. The van der Waals surface area contributed by atoms with E-state index >= 15 is 0 Å². The summed E-state index contributed by atoms with van der Waals surface area (Å²) in [6.45, 7) is 2.12. The van der Waals surface area contributed by atoms with Gasteiger partial charge < -0.3 is 5.32 Å². The maximum atomic E-state index is 11.1. The molecule has 1 aromatic heterocycles. The predicted molar refractivity (Wildman–Crippen MR) is 79.9 cm³/mol. The third-order valence-corrected chi connectivity index (χ3v) is 4.41. The summed E-state index contributed by atoms with van der Waals surface area (Å²) in [5, 5.41) is 3.47. The van der Waals surface area contributed by atoms with Crippen LogP contribution in [-0.4, -0.2) is 32.2 Å². The SMILES string of the molecule is CC(CCS(C)=O)Nc1ncnc2c1CCCCC2. The molecule has 0 saturated carbocycles. The Morgan fingerprint density at radius 1 is 1.32 bits per heavy atom. The van der Waals surface area contributed by atoms with Crippen LogP contribution >= 0.6 is 0 Å². The van der Waals surface area contributed by atoms with E-state index in [9.17, 15) is 4.21 Å². The van der Waals surface area contributed by atoms with Gasteiger partial charge in [-0.15, -0.1) is 0 Å². The molecule has 0 bridgehead atoms. The lowest BCUT2D eigenvalue weighted by Crippen LogP contribution is -2.20. The zero-order valence-electron chi connectivity index (χ0n) is 11.8. The van der Waals surface area contributed by atoms with Gasteiger partial charge in [-0.3, -0.25) is 4.21 Å². The third kappa shape index (κ3) is 4.27. The lowest BCUT2D eigenvalue weighted by atomic mass is 10.1. The van der Waals surface area contributed by atoms with Crippen molar-refractivity contribution in [3.63, 3.8) is 0 Å². The highest BCUT2D eigenvalue weighted by Crippen LogP contribution is 2.24. The molecule has 4 nitrogen and oxygen atoms in total. The Balaban J connectivity index is 2.05. The molecule has 0 amide bonds. The van der Waals surface area contributed by atoms with E-state index in [-0.39, 0.29) is 0 Å². The molecular weight excluding hydrogens is 258 g/mol. The molecule has 0 aliphatic heterocycles. The number of hydrogen-bond donors (Lipinski definition) is 1. The van der Waals surface area contributed by atoms with E-state index in [4.69, 9.17) is 0 Å². The molecule has 0 saturated heterocycles. The number of rotatable bonds is 5. The molecule has 0 aromatic carbocycles. The summed E-state index contributed by atoms with van der Waals surface area (Å²) < 4.78 is 11.1.